The topological polar surface area (TPSA) is 101 Å². The molecule has 1 aliphatic rings. The maximum Gasteiger partial charge on any atom is 0.309 e. The summed E-state index contributed by atoms with van der Waals surface area (Å²) in [6.45, 7) is 4.64. The number of ether oxygens (including phenoxy) is 4. The fourth-order valence-electron chi connectivity index (χ4n) is 4.39. The van der Waals surface area contributed by atoms with E-state index in [1.54, 1.807) is 31.2 Å². The van der Waals surface area contributed by atoms with E-state index in [1.165, 1.54) is 26.3 Å². The highest BCUT2D eigenvalue weighted by Gasteiger charge is 2.35. The van der Waals surface area contributed by atoms with Gasteiger partial charge in [0.2, 0.25) is 5.75 Å². The Morgan fingerprint density at radius 3 is 2.36 bits per heavy atom. The third-order valence-corrected chi connectivity index (χ3v) is 6.46. The van der Waals surface area contributed by atoms with E-state index in [4.69, 9.17) is 30.5 Å². The van der Waals surface area contributed by atoms with Crippen LogP contribution in [0.2, 0.25) is 5.02 Å². The molecule has 0 unspecified atom stereocenters. The van der Waals surface area contributed by atoms with E-state index in [2.05, 4.69) is 4.98 Å². The molecule has 1 aromatic heterocycles. The van der Waals surface area contributed by atoms with E-state index < -0.39 is 29.7 Å². The zero-order valence-electron chi connectivity index (χ0n) is 21.0. The minimum Gasteiger partial charge on any atom is -0.493 e. The summed E-state index contributed by atoms with van der Waals surface area (Å²) in [5, 5.41) is 0.611. The van der Waals surface area contributed by atoms with Gasteiger partial charge in [-0.1, -0.05) is 31.4 Å². The number of aromatic nitrogens is 1. The van der Waals surface area contributed by atoms with Crippen LogP contribution in [0.25, 0.3) is 0 Å². The lowest BCUT2D eigenvalue weighted by Gasteiger charge is -2.30. The molecule has 1 fully saturated rings. The molecule has 9 heteroatoms. The lowest BCUT2D eigenvalue weighted by molar-refractivity contribution is -0.158. The summed E-state index contributed by atoms with van der Waals surface area (Å²) in [6.07, 6.45) is 4.56. The molecule has 36 heavy (non-hydrogen) atoms. The summed E-state index contributed by atoms with van der Waals surface area (Å²) >= 11 is 5.99. The van der Waals surface area contributed by atoms with Crippen LogP contribution in [-0.2, 0) is 14.3 Å². The standard InChI is InChI=1S/C27H32ClNO7/c1-16(15-22(31)24-26(35-18(3)30)23(33-4)13-14-29-24)27(32)34-17(2)25(19-7-5-6-8-19)36-21-11-9-20(28)10-12-21/h9-14,16-17,19,25H,5-8,15H2,1-4H3/t16-,17+,25+/m1/s1. The molecule has 194 valence electrons. The average molecular weight is 518 g/mol. The first-order valence-electron chi connectivity index (χ1n) is 12.1. The molecule has 8 nitrogen and oxygen atoms in total. The van der Waals surface area contributed by atoms with Gasteiger partial charge >= 0.3 is 11.9 Å². The predicted octanol–water partition coefficient (Wildman–Crippen LogP) is 5.45. The van der Waals surface area contributed by atoms with Crippen LogP contribution < -0.4 is 14.2 Å². The van der Waals surface area contributed by atoms with Gasteiger partial charge in [-0.3, -0.25) is 14.4 Å². The van der Waals surface area contributed by atoms with Crippen molar-refractivity contribution in [2.45, 2.75) is 65.1 Å². The van der Waals surface area contributed by atoms with Crippen molar-refractivity contribution in [2.24, 2.45) is 11.8 Å². The molecule has 0 saturated heterocycles. The maximum absolute atomic E-state index is 13.0. The van der Waals surface area contributed by atoms with Crippen LogP contribution in [0.3, 0.4) is 0 Å². The number of carbonyl (C=O) groups excluding carboxylic acids is 3. The lowest BCUT2D eigenvalue weighted by atomic mass is 9.96. The van der Waals surface area contributed by atoms with Gasteiger partial charge in [-0.2, -0.15) is 0 Å². The smallest absolute Gasteiger partial charge is 0.309 e. The summed E-state index contributed by atoms with van der Waals surface area (Å²) in [6, 6.07) is 8.58. The van der Waals surface area contributed by atoms with Gasteiger partial charge in [-0.25, -0.2) is 4.98 Å². The summed E-state index contributed by atoms with van der Waals surface area (Å²) < 4.78 is 22.4. The van der Waals surface area contributed by atoms with Gasteiger partial charge in [0.25, 0.3) is 0 Å². The minimum absolute atomic E-state index is 0.0657. The van der Waals surface area contributed by atoms with E-state index in [1.807, 2.05) is 6.92 Å². The summed E-state index contributed by atoms with van der Waals surface area (Å²) in [4.78, 5) is 41.5. The first kappa shape index (κ1) is 27.5. The average Bonchev–Trinajstić information content (AvgIpc) is 3.37. The SMILES string of the molecule is COc1ccnc(C(=O)C[C@@H](C)C(=O)O[C@@H](C)[C@H](Oc2ccc(Cl)cc2)C2CCCC2)c1OC(C)=O. The van der Waals surface area contributed by atoms with E-state index in [0.717, 1.165) is 25.7 Å². The van der Waals surface area contributed by atoms with Crippen LogP contribution in [0.1, 0.15) is 63.4 Å². The number of pyridine rings is 1. The van der Waals surface area contributed by atoms with Crippen molar-refractivity contribution in [1.82, 2.24) is 4.98 Å². The molecule has 0 bridgehead atoms. The Balaban J connectivity index is 1.68. The Morgan fingerprint density at radius 1 is 1.08 bits per heavy atom. The quantitative estimate of drug-likeness (QED) is 0.286. The second kappa shape index (κ2) is 12.7. The number of carbonyl (C=O) groups is 3. The molecule has 0 N–H and O–H groups in total. The van der Waals surface area contributed by atoms with Gasteiger partial charge in [0.05, 0.1) is 13.0 Å². The van der Waals surface area contributed by atoms with Gasteiger partial charge in [0.1, 0.15) is 18.0 Å². The second-order valence-electron chi connectivity index (χ2n) is 9.04. The molecular formula is C27H32ClNO7. The van der Waals surface area contributed by atoms with Crippen molar-refractivity contribution in [3.05, 3.63) is 47.2 Å². The van der Waals surface area contributed by atoms with Gasteiger partial charge in [0.15, 0.2) is 17.2 Å². The number of rotatable bonds is 11. The minimum atomic E-state index is -0.752. The third-order valence-electron chi connectivity index (χ3n) is 6.21. The third kappa shape index (κ3) is 7.20. The molecule has 0 radical (unpaired) electrons. The van der Waals surface area contributed by atoms with E-state index >= 15 is 0 Å². The molecule has 3 atom stereocenters. The highest BCUT2D eigenvalue weighted by atomic mass is 35.5. The predicted molar refractivity (Wildman–Crippen MR) is 134 cm³/mol. The Hall–Kier alpha value is -3.13. The first-order chi connectivity index (χ1) is 17.2. The molecule has 1 saturated carbocycles. The van der Waals surface area contributed by atoms with Crippen LogP contribution in [0, 0.1) is 11.8 Å². The van der Waals surface area contributed by atoms with Crippen LogP contribution in [0.4, 0.5) is 0 Å². The summed E-state index contributed by atoms with van der Waals surface area (Å²) in [5.74, 6) is -1.30. The number of hydrogen-bond acceptors (Lipinski definition) is 8. The Labute approximate surface area is 216 Å². The highest BCUT2D eigenvalue weighted by Crippen LogP contribution is 2.34. The van der Waals surface area contributed by atoms with Gasteiger partial charge in [-0.05, 0) is 49.9 Å². The number of ketones is 1. The lowest BCUT2D eigenvalue weighted by Crippen LogP contribution is -2.40. The van der Waals surface area contributed by atoms with Crippen LogP contribution in [0.5, 0.6) is 17.2 Å². The second-order valence-corrected chi connectivity index (χ2v) is 9.47. The summed E-state index contributed by atoms with van der Waals surface area (Å²) in [7, 11) is 1.39. The molecule has 1 heterocycles. The van der Waals surface area contributed by atoms with Gasteiger partial charge < -0.3 is 18.9 Å². The van der Waals surface area contributed by atoms with Crippen LogP contribution >= 0.6 is 11.6 Å². The van der Waals surface area contributed by atoms with Crippen molar-refractivity contribution in [2.75, 3.05) is 7.11 Å². The molecule has 1 aliphatic carbocycles. The largest absolute Gasteiger partial charge is 0.493 e. The zero-order valence-corrected chi connectivity index (χ0v) is 21.7. The molecule has 0 aliphatic heterocycles. The van der Waals surface area contributed by atoms with Crippen molar-refractivity contribution in [3.63, 3.8) is 0 Å². The molecular weight excluding hydrogens is 486 g/mol. The normalized spacial score (nSPS) is 16.0. The van der Waals surface area contributed by atoms with Gasteiger partial charge in [-0.15, -0.1) is 0 Å². The van der Waals surface area contributed by atoms with Crippen molar-refractivity contribution < 1.29 is 33.3 Å². The highest BCUT2D eigenvalue weighted by molar-refractivity contribution is 6.30. The van der Waals surface area contributed by atoms with Crippen molar-refractivity contribution >= 4 is 29.3 Å². The number of halogens is 1. The molecule has 3 rings (SSSR count). The Bertz CT molecular complexity index is 1070. The van der Waals surface area contributed by atoms with Gasteiger partial charge in [0, 0.05) is 30.6 Å². The fraction of sp³-hybridized carbons (Fsp3) is 0.481. The number of esters is 2. The van der Waals surface area contributed by atoms with E-state index in [9.17, 15) is 14.4 Å². The number of hydrogen-bond donors (Lipinski definition) is 0. The number of benzene rings is 1. The molecule has 0 spiro atoms. The Morgan fingerprint density at radius 2 is 1.75 bits per heavy atom. The van der Waals surface area contributed by atoms with Crippen molar-refractivity contribution in [1.29, 1.82) is 0 Å². The number of nitrogens with zero attached hydrogens (tertiary/aromatic N) is 1. The monoisotopic (exact) mass is 517 g/mol. The van der Waals surface area contributed by atoms with E-state index in [0.29, 0.717) is 10.8 Å². The number of Topliss-reactive ketones (excluding diaryl/α,β-unsaturated/α-hetero) is 1. The summed E-state index contributed by atoms with van der Waals surface area (Å²) in [5.41, 5.74) is -0.0767. The maximum atomic E-state index is 13.0. The van der Waals surface area contributed by atoms with Crippen molar-refractivity contribution in [3.8, 4) is 17.2 Å². The molecule has 0 amide bonds. The Kier molecular flexibility index (Phi) is 9.70. The van der Waals surface area contributed by atoms with Crippen LogP contribution in [0.15, 0.2) is 36.5 Å². The first-order valence-corrected chi connectivity index (χ1v) is 12.4. The van der Waals surface area contributed by atoms with E-state index in [-0.39, 0.29) is 35.6 Å². The van der Waals surface area contributed by atoms with Crippen LogP contribution in [-0.4, -0.2) is 42.0 Å². The zero-order chi connectivity index (χ0) is 26.2. The molecule has 1 aromatic carbocycles. The number of methoxy groups -OCH3 is 1. The molecule has 2 aromatic rings. The fourth-order valence-corrected chi connectivity index (χ4v) is 4.51.